The van der Waals surface area contributed by atoms with Crippen molar-refractivity contribution in [3.05, 3.63) is 0 Å². The van der Waals surface area contributed by atoms with E-state index in [1.807, 2.05) is 0 Å². The van der Waals surface area contributed by atoms with E-state index < -0.39 is 10.0 Å². The highest BCUT2D eigenvalue weighted by Gasteiger charge is 2.13. The van der Waals surface area contributed by atoms with Crippen molar-refractivity contribution in [2.75, 3.05) is 52.7 Å². The first-order valence-electron chi connectivity index (χ1n) is 6.33. The molecule has 0 bridgehead atoms. The third kappa shape index (κ3) is 11.4. The number of nitrogens with one attached hydrogen (secondary N) is 2. The van der Waals surface area contributed by atoms with Crippen molar-refractivity contribution >= 4 is 28.3 Å². The molecule has 0 rings (SSSR count). The minimum Gasteiger partial charge on any atom is -0.383 e. The number of hydrogen-bond acceptors (Lipinski definition) is 5. The lowest BCUT2D eigenvalue weighted by Crippen LogP contribution is -2.37. The van der Waals surface area contributed by atoms with Gasteiger partial charge < -0.3 is 15.4 Å². The van der Waals surface area contributed by atoms with Gasteiger partial charge >= 0.3 is 0 Å². The van der Waals surface area contributed by atoms with E-state index in [1.165, 1.54) is 10.6 Å². The minimum atomic E-state index is -3.14. The van der Waals surface area contributed by atoms with Crippen molar-refractivity contribution < 1.29 is 17.9 Å². The Hall–Kier alpha value is -0.410. The molecular weight excluding hydrogens is 306 g/mol. The number of sulfonamides is 1. The number of nitrogens with zero attached hydrogens (tertiary/aromatic N) is 1. The van der Waals surface area contributed by atoms with Gasteiger partial charge in [-0.3, -0.25) is 4.79 Å². The number of halogens is 1. The molecule has 7 nitrogen and oxygen atoms in total. The molecule has 0 aromatic heterocycles. The molecule has 0 aliphatic carbocycles. The van der Waals surface area contributed by atoms with E-state index in [9.17, 15) is 13.2 Å². The summed E-state index contributed by atoms with van der Waals surface area (Å²) in [5.74, 6) is -0.0986. The summed E-state index contributed by atoms with van der Waals surface area (Å²) in [6, 6.07) is 0. The van der Waals surface area contributed by atoms with Crippen LogP contribution in [-0.4, -0.2) is 71.3 Å². The van der Waals surface area contributed by atoms with Crippen LogP contribution in [-0.2, 0) is 19.6 Å². The molecule has 0 aromatic carbocycles. The highest BCUT2D eigenvalue weighted by molar-refractivity contribution is 7.88. The zero-order chi connectivity index (χ0) is 14.7. The molecule has 0 aromatic rings. The lowest BCUT2D eigenvalue weighted by atomic mass is 10.4. The zero-order valence-electron chi connectivity index (χ0n) is 12.3. The summed E-state index contributed by atoms with van der Waals surface area (Å²) in [4.78, 5) is 11.4. The maximum absolute atomic E-state index is 11.4. The van der Waals surface area contributed by atoms with E-state index in [0.717, 1.165) is 0 Å². The Labute approximate surface area is 127 Å². The van der Waals surface area contributed by atoms with Crippen molar-refractivity contribution in [3.63, 3.8) is 0 Å². The maximum atomic E-state index is 11.4. The van der Waals surface area contributed by atoms with Gasteiger partial charge in [-0.1, -0.05) is 6.92 Å². The average Bonchev–Trinajstić information content (AvgIpc) is 2.33. The molecule has 1 amide bonds. The fourth-order valence-electron chi connectivity index (χ4n) is 1.48. The van der Waals surface area contributed by atoms with Gasteiger partial charge in [0.25, 0.3) is 0 Å². The Morgan fingerprint density at radius 3 is 2.45 bits per heavy atom. The minimum absolute atomic E-state index is 0. The van der Waals surface area contributed by atoms with E-state index in [4.69, 9.17) is 4.74 Å². The fourth-order valence-corrected chi connectivity index (χ4v) is 2.41. The van der Waals surface area contributed by atoms with Crippen LogP contribution in [0.15, 0.2) is 0 Å². The number of ether oxygens (including phenoxy) is 1. The Morgan fingerprint density at radius 1 is 1.30 bits per heavy atom. The molecule has 0 aliphatic rings. The molecule has 9 heteroatoms. The second-order valence-corrected chi connectivity index (χ2v) is 6.11. The van der Waals surface area contributed by atoms with Crippen molar-refractivity contribution in [2.45, 2.75) is 13.3 Å². The van der Waals surface area contributed by atoms with Gasteiger partial charge in [0.1, 0.15) is 0 Å². The van der Waals surface area contributed by atoms with Gasteiger partial charge in [-0.2, -0.15) is 0 Å². The lowest BCUT2D eigenvalue weighted by molar-refractivity contribution is -0.120. The SMILES string of the molecule is CCN(CCCNC(=O)CNCCOC)S(C)(=O)=O.Cl. The summed E-state index contributed by atoms with van der Waals surface area (Å²) >= 11 is 0. The number of rotatable bonds is 11. The first-order chi connectivity index (χ1) is 8.91. The average molecular weight is 332 g/mol. The summed E-state index contributed by atoms with van der Waals surface area (Å²) < 4.78 is 28.8. The molecule has 0 atom stereocenters. The molecule has 0 unspecified atom stereocenters. The quantitative estimate of drug-likeness (QED) is 0.495. The second-order valence-electron chi connectivity index (χ2n) is 4.13. The number of amides is 1. The molecule has 0 heterocycles. The molecule has 122 valence electrons. The van der Waals surface area contributed by atoms with Crippen molar-refractivity contribution in [2.24, 2.45) is 0 Å². The topological polar surface area (TPSA) is 87.7 Å². The highest BCUT2D eigenvalue weighted by atomic mass is 35.5. The summed E-state index contributed by atoms with van der Waals surface area (Å²) in [5, 5.41) is 5.65. The Bertz CT molecular complexity index is 352. The van der Waals surface area contributed by atoms with Gasteiger partial charge in [-0.15, -0.1) is 12.4 Å². The molecular formula is C11H26ClN3O4S. The smallest absolute Gasteiger partial charge is 0.233 e. The summed E-state index contributed by atoms with van der Waals surface area (Å²) in [6.45, 7) is 4.57. The maximum Gasteiger partial charge on any atom is 0.233 e. The van der Waals surface area contributed by atoms with Crippen LogP contribution < -0.4 is 10.6 Å². The van der Waals surface area contributed by atoms with E-state index in [2.05, 4.69) is 10.6 Å². The molecule has 2 N–H and O–H groups in total. The van der Waals surface area contributed by atoms with Crippen molar-refractivity contribution in [3.8, 4) is 0 Å². The van der Waals surface area contributed by atoms with Crippen molar-refractivity contribution in [1.29, 1.82) is 0 Å². The van der Waals surface area contributed by atoms with Crippen molar-refractivity contribution in [1.82, 2.24) is 14.9 Å². The Balaban J connectivity index is 0. The number of hydrogen-bond donors (Lipinski definition) is 2. The monoisotopic (exact) mass is 331 g/mol. The van der Waals surface area contributed by atoms with Crippen LogP contribution in [0.5, 0.6) is 0 Å². The molecule has 0 spiro atoms. The fraction of sp³-hybridized carbons (Fsp3) is 0.909. The van der Waals surface area contributed by atoms with Crippen LogP contribution >= 0.6 is 12.4 Å². The van der Waals surface area contributed by atoms with Gasteiger partial charge in [-0.05, 0) is 6.42 Å². The van der Waals surface area contributed by atoms with Crippen LogP contribution in [0.1, 0.15) is 13.3 Å². The largest absolute Gasteiger partial charge is 0.383 e. The molecule has 0 aliphatic heterocycles. The van der Waals surface area contributed by atoms with Crippen LogP contribution in [0.25, 0.3) is 0 Å². The van der Waals surface area contributed by atoms with Gasteiger partial charge in [0.2, 0.25) is 15.9 Å². The normalized spacial score (nSPS) is 11.2. The highest BCUT2D eigenvalue weighted by Crippen LogP contribution is 1.97. The zero-order valence-corrected chi connectivity index (χ0v) is 14.0. The van der Waals surface area contributed by atoms with E-state index in [-0.39, 0.29) is 24.9 Å². The van der Waals surface area contributed by atoms with Crippen LogP contribution in [0.2, 0.25) is 0 Å². The second kappa shape index (κ2) is 12.3. The first-order valence-corrected chi connectivity index (χ1v) is 8.18. The summed E-state index contributed by atoms with van der Waals surface area (Å²) in [7, 11) is -1.54. The van der Waals surface area contributed by atoms with Crippen LogP contribution in [0, 0.1) is 0 Å². The summed E-state index contributed by atoms with van der Waals surface area (Å²) in [6.07, 6.45) is 1.79. The van der Waals surface area contributed by atoms with Crippen LogP contribution in [0.3, 0.4) is 0 Å². The molecule has 0 saturated carbocycles. The first kappa shape index (κ1) is 21.9. The van der Waals surface area contributed by atoms with Gasteiger partial charge in [0.15, 0.2) is 0 Å². The predicted molar refractivity (Wildman–Crippen MR) is 81.7 cm³/mol. The predicted octanol–water partition coefficient (Wildman–Crippen LogP) is -0.568. The standard InChI is InChI=1S/C11H25N3O4S.ClH/c1-4-14(19(3,16)17)8-5-6-13-11(15)10-12-7-9-18-2;/h12H,4-10H2,1-3H3,(H,13,15);1H. The van der Waals surface area contributed by atoms with E-state index in [0.29, 0.717) is 39.2 Å². The molecule has 0 radical (unpaired) electrons. The van der Waals surface area contributed by atoms with E-state index >= 15 is 0 Å². The third-order valence-electron chi connectivity index (χ3n) is 2.50. The molecule has 20 heavy (non-hydrogen) atoms. The Morgan fingerprint density at radius 2 is 1.95 bits per heavy atom. The van der Waals surface area contributed by atoms with Gasteiger partial charge in [-0.25, -0.2) is 12.7 Å². The van der Waals surface area contributed by atoms with Crippen LogP contribution in [0.4, 0.5) is 0 Å². The number of carbonyl (C=O) groups is 1. The van der Waals surface area contributed by atoms with Gasteiger partial charge in [0, 0.05) is 33.3 Å². The molecule has 0 saturated heterocycles. The lowest BCUT2D eigenvalue weighted by Gasteiger charge is -2.17. The number of carbonyl (C=O) groups excluding carboxylic acids is 1. The molecule has 0 fully saturated rings. The van der Waals surface area contributed by atoms with Gasteiger partial charge in [0.05, 0.1) is 19.4 Å². The summed E-state index contributed by atoms with van der Waals surface area (Å²) in [5.41, 5.74) is 0. The number of methoxy groups -OCH3 is 1. The third-order valence-corrected chi connectivity index (χ3v) is 3.88. The van der Waals surface area contributed by atoms with E-state index in [1.54, 1.807) is 14.0 Å². The Kier molecular flexibility index (Phi) is 13.5.